The van der Waals surface area contributed by atoms with E-state index in [0.717, 1.165) is 12.2 Å². The van der Waals surface area contributed by atoms with E-state index >= 15 is 0 Å². The number of hydrogen-bond donors (Lipinski definition) is 0. The predicted octanol–water partition coefficient (Wildman–Crippen LogP) is 3.80. The molecule has 0 aliphatic heterocycles. The first-order valence-corrected chi connectivity index (χ1v) is 6.39. The van der Waals surface area contributed by atoms with E-state index in [-0.39, 0.29) is 0 Å². The molecule has 2 nitrogen and oxygen atoms in total. The summed E-state index contributed by atoms with van der Waals surface area (Å²) >= 11 is 0. The second-order valence-electron chi connectivity index (χ2n) is 5.70. The molecule has 0 aliphatic carbocycles. The highest BCUT2D eigenvalue weighted by atomic mass is 15.1. The third-order valence-electron chi connectivity index (χ3n) is 2.96. The van der Waals surface area contributed by atoms with Gasteiger partial charge in [-0.25, -0.2) is 0 Å². The highest BCUT2D eigenvalue weighted by molar-refractivity contribution is 5.61. The third kappa shape index (κ3) is 3.39. The summed E-state index contributed by atoms with van der Waals surface area (Å²) in [5, 5.41) is 0. The fourth-order valence-electron chi connectivity index (χ4n) is 1.99. The lowest BCUT2D eigenvalue weighted by atomic mass is 10.1. The van der Waals surface area contributed by atoms with Gasteiger partial charge in [0.15, 0.2) is 0 Å². The molecule has 0 bridgehead atoms. The molecule has 1 rings (SSSR count). The van der Waals surface area contributed by atoms with Crippen molar-refractivity contribution in [3.8, 4) is 0 Å². The minimum absolute atomic E-state index is 0.553. The van der Waals surface area contributed by atoms with Crippen LogP contribution in [-0.2, 0) is 6.54 Å². The average molecular weight is 234 g/mol. The van der Waals surface area contributed by atoms with Crippen LogP contribution in [0.3, 0.4) is 0 Å². The van der Waals surface area contributed by atoms with Crippen LogP contribution < -0.4 is 0 Å². The van der Waals surface area contributed by atoms with Crippen molar-refractivity contribution in [2.75, 3.05) is 14.1 Å². The van der Waals surface area contributed by atoms with Gasteiger partial charge in [-0.15, -0.1) is 0 Å². The topological polar surface area (TPSA) is 8.17 Å². The maximum Gasteiger partial charge on any atom is 0.0377 e. The zero-order valence-electron chi connectivity index (χ0n) is 12.1. The van der Waals surface area contributed by atoms with Gasteiger partial charge < -0.3 is 9.47 Å². The molecule has 2 heteroatoms. The van der Waals surface area contributed by atoms with Crippen molar-refractivity contribution in [3.05, 3.63) is 30.1 Å². The molecule has 0 N–H and O–H groups in total. The van der Waals surface area contributed by atoms with Gasteiger partial charge in [0.2, 0.25) is 0 Å². The quantitative estimate of drug-likeness (QED) is 0.752. The monoisotopic (exact) mass is 234 g/mol. The third-order valence-corrected chi connectivity index (χ3v) is 2.96. The lowest BCUT2D eigenvalue weighted by Gasteiger charge is -2.14. The van der Waals surface area contributed by atoms with Crippen molar-refractivity contribution in [1.29, 1.82) is 0 Å². The molecule has 0 aliphatic rings. The van der Waals surface area contributed by atoms with Gasteiger partial charge in [-0.1, -0.05) is 34.3 Å². The highest BCUT2D eigenvalue weighted by Gasteiger charge is 2.12. The summed E-state index contributed by atoms with van der Waals surface area (Å²) in [4.78, 5) is 2.07. The van der Waals surface area contributed by atoms with Gasteiger partial charge in [-0.05, 0) is 17.9 Å². The van der Waals surface area contributed by atoms with Crippen LogP contribution in [0.5, 0.6) is 0 Å². The minimum atomic E-state index is 0.553. The van der Waals surface area contributed by atoms with Crippen LogP contribution in [0.4, 0.5) is 0 Å². The molecule has 0 fully saturated rings. The summed E-state index contributed by atoms with van der Waals surface area (Å²) in [6.45, 7) is 14.2. The van der Waals surface area contributed by atoms with E-state index in [0.29, 0.717) is 11.8 Å². The molecule has 1 aromatic rings. The van der Waals surface area contributed by atoms with Crippen LogP contribution in [-0.4, -0.2) is 23.6 Å². The number of rotatable bonds is 5. The Kier molecular flexibility index (Phi) is 4.44. The Morgan fingerprint density at radius 1 is 1.29 bits per heavy atom. The zero-order chi connectivity index (χ0) is 13.2. The van der Waals surface area contributed by atoms with Gasteiger partial charge in [0.1, 0.15) is 0 Å². The first-order chi connectivity index (χ1) is 7.82. The lowest BCUT2D eigenvalue weighted by Crippen LogP contribution is -2.09. The lowest BCUT2D eigenvalue weighted by molar-refractivity contribution is 0.503. The van der Waals surface area contributed by atoms with Crippen LogP contribution in [0.2, 0.25) is 0 Å². The Balaban J connectivity index is 3.08. The van der Waals surface area contributed by atoms with Crippen molar-refractivity contribution in [2.24, 2.45) is 5.92 Å². The van der Waals surface area contributed by atoms with E-state index in [1.54, 1.807) is 0 Å². The zero-order valence-corrected chi connectivity index (χ0v) is 12.1. The molecular formula is C15H26N2. The first kappa shape index (κ1) is 13.9. The summed E-state index contributed by atoms with van der Waals surface area (Å²) in [6, 6.07) is 2.27. The molecule has 1 aromatic heterocycles. The van der Waals surface area contributed by atoms with Crippen molar-refractivity contribution in [2.45, 2.75) is 40.2 Å². The van der Waals surface area contributed by atoms with Crippen LogP contribution in [0.15, 0.2) is 18.8 Å². The van der Waals surface area contributed by atoms with E-state index < -0.39 is 0 Å². The second kappa shape index (κ2) is 5.44. The summed E-state index contributed by atoms with van der Waals surface area (Å²) < 4.78 is 2.37. The summed E-state index contributed by atoms with van der Waals surface area (Å²) in [5.41, 5.74) is 3.71. The van der Waals surface area contributed by atoms with Gasteiger partial charge in [0.05, 0.1) is 0 Å². The normalized spacial score (nSPS) is 11.3. The average Bonchev–Trinajstić information content (AvgIpc) is 2.59. The fraction of sp³-hybridized carbons (Fsp3) is 0.600. The summed E-state index contributed by atoms with van der Waals surface area (Å²) in [6.07, 6.45) is 2.23. The van der Waals surface area contributed by atoms with Crippen molar-refractivity contribution in [3.63, 3.8) is 0 Å². The molecular weight excluding hydrogens is 208 g/mol. The molecule has 96 valence electrons. The van der Waals surface area contributed by atoms with Gasteiger partial charge in [-0.3, -0.25) is 0 Å². The molecule has 0 unspecified atom stereocenters. The van der Waals surface area contributed by atoms with E-state index in [4.69, 9.17) is 0 Å². The molecule has 0 amide bonds. The fourth-order valence-corrected chi connectivity index (χ4v) is 1.99. The summed E-state index contributed by atoms with van der Waals surface area (Å²) in [5.74, 6) is 1.22. The van der Waals surface area contributed by atoms with Gasteiger partial charge >= 0.3 is 0 Å². The smallest absolute Gasteiger partial charge is 0.0377 e. The molecule has 17 heavy (non-hydrogen) atoms. The maximum absolute atomic E-state index is 4.13. The second-order valence-corrected chi connectivity index (χ2v) is 5.70. The van der Waals surface area contributed by atoms with E-state index in [1.807, 2.05) is 14.1 Å². The number of hydrogen-bond acceptors (Lipinski definition) is 1. The molecule has 1 heterocycles. The first-order valence-electron chi connectivity index (χ1n) is 6.39. The van der Waals surface area contributed by atoms with Gasteiger partial charge in [-0.2, -0.15) is 0 Å². The highest BCUT2D eigenvalue weighted by Crippen LogP contribution is 2.24. The Morgan fingerprint density at radius 2 is 1.88 bits per heavy atom. The van der Waals surface area contributed by atoms with Crippen molar-refractivity contribution in [1.82, 2.24) is 9.47 Å². The summed E-state index contributed by atoms with van der Waals surface area (Å²) in [7, 11) is 4.08. The maximum atomic E-state index is 4.13. The molecule has 0 aromatic carbocycles. The van der Waals surface area contributed by atoms with Crippen LogP contribution in [0.25, 0.3) is 5.70 Å². The molecule has 0 atom stereocenters. The largest absolute Gasteiger partial charge is 0.378 e. The minimum Gasteiger partial charge on any atom is -0.378 e. The van der Waals surface area contributed by atoms with Crippen molar-refractivity contribution < 1.29 is 0 Å². The standard InChI is InChI=1S/C15H26N2/c1-11(2)9-17-10-14(13(5)16(6)7)8-15(17)12(3)4/h8,10-12H,5,9H2,1-4,6-7H3. The number of aromatic nitrogens is 1. The Labute approximate surface area is 106 Å². The molecule has 0 saturated heterocycles. The predicted molar refractivity (Wildman–Crippen MR) is 76.1 cm³/mol. The van der Waals surface area contributed by atoms with E-state index in [9.17, 15) is 0 Å². The van der Waals surface area contributed by atoms with Crippen molar-refractivity contribution >= 4 is 5.70 Å². The molecule has 0 radical (unpaired) electrons. The Bertz CT molecular complexity index is 384. The molecule has 0 spiro atoms. The van der Waals surface area contributed by atoms with E-state index in [1.165, 1.54) is 11.3 Å². The SMILES string of the molecule is C=C(c1cc(C(C)C)n(CC(C)C)c1)N(C)C. The Morgan fingerprint density at radius 3 is 2.29 bits per heavy atom. The van der Waals surface area contributed by atoms with Crippen LogP contribution in [0.1, 0.15) is 44.9 Å². The Hall–Kier alpha value is -1.18. The van der Waals surface area contributed by atoms with Gasteiger partial charge in [0, 0.05) is 43.8 Å². The van der Waals surface area contributed by atoms with E-state index in [2.05, 4.69) is 56.0 Å². The van der Waals surface area contributed by atoms with Crippen LogP contribution >= 0.6 is 0 Å². The van der Waals surface area contributed by atoms with Crippen LogP contribution in [0, 0.1) is 5.92 Å². The molecule has 0 saturated carbocycles. The number of nitrogens with zero attached hydrogens (tertiary/aromatic N) is 2. The van der Waals surface area contributed by atoms with Gasteiger partial charge in [0.25, 0.3) is 0 Å².